The van der Waals surface area contributed by atoms with Crippen molar-refractivity contribution in [3.63, 3.8) is 0 Å². The van der Waals surface area contributed by atoms with Crippen LogP contribution in [0.25, 0.3) is 0 Å². The minimum atomic E-state index is -3.68. The molecule has 3 rings (SSSR count). The Morgan fingerprint density at radius 3 is 2.52 bits per heavy atom. The second-order valence-electron chi connectivity index (χ2n) is 7.20. The maximum absolute atomic E-state index is 13.1. The van der Waals surface area contributed by atoms with E-state index < -0.39 is 15.3 Å². The van der Waals surface area contributed by atoms with E-state index >= 15 is 0 Å². The van der Waals surface area contributed by atoms with E-state index in [0.717, 1.165) is 0 Å². The summed E-state index contributed by atoms with van der Waals surface area (Å²) in [4.78, 5) is 25.9. The Bertz CT molecular complexity index is 995. The molecule has 0 saturated heterocycles. The maximum Gasteiger partial charge on any atom is 0.229 e. The van der Waals surface area contributed by atoms with Crippen LogP contribution in [0.2, 0.25) is 0 Å². The van der Waals surface area contributed by atoms with Crippen molar-refractivity contribution in [3.8, 4) is 0 Å². The number of aryl methyl sites for hydroxylation is 1. The Morgan fingerprint density at radius 2 is 1.88 bits per heavy atom. The van der Waals surface area contributed by atoms with Crippen molar-refractivity contribution in [1.82, 2.24) is 0 Å². The summed E-state index contributed by atoms with van der Waals surface area (Å²) in [5.41, 5.74) is 0.665. The summed E-state index contributed by atoms with van der Waals surface area (Å²) in [6.07, 6.45) is 0. The quantitative estimate of drug-likeness (QED) is 0.824. The molecule has 132 valence electrons. The molecule has 1 aliphatic rings. The van der Waals surface area contributed by atoms with Gasteiger partial charge >= 0.3 is 0 Å². The first-order chi connectivity index (χ1) is 11.5. The number of nitrogens with one attached hydrogen (secondary N) is 1. The van der Waals surface area contributed by atoms with Crippen molar-refractivity contribution in [3.05, 3.63) is 45.1 Å². The third kappa shape index (κ3) is 3.02. The van der Waals surface area contributed by atoms with Crippen LogP contribution >= 0.6 is 11.3 Å². The summed E-state index contributed by atoms with van der Waals surface area (Å²) >= 11 is 1.22. The smallest absolute Gasteiger partial charge is 0.229 e. The van der Waals surface area contributed by atoms with Crippen molar-refractivity contribution in [2.75, 3.05) is 5.32 Å². The van der Waals surface area contributed by atoms with Gasteiger partial charge in [0, 0.05) is 5.41 Å². The second kappa shape index (κ2) is 5.78. The Labute approximate surface area is 151 Å². The molecule has 1 aromatic carbocycles. The van der Waals surface area contributed by atoms with E-state index in [0.29, 0.717) is 16.0 Å². The predicted molar refractivity (Wildman–Crippen MR) is 97.9 cm³/mol. The fourth-order valence-electron chi connectivity index (χ4n) is 2.77. The van der Waals surface area contributed by atoms with E-state index in [9.17, 15) is 18.0 Å². The third-order valence-corrected chi connectivity index (χ3v) is 6.92. The van der Waals surface area contributed by atoms with Gasteiger partial charge in [0.25, 0.3) is 0 Å². The molecule has 0 aliphatic carbocycles. The van der Waals surface area contributed by atoms with E-state index in [2.05, 4.69) is 5.32 Å². The average molecular weight is 377 g/mol. The highest BCUT2D eigenvalue weighted by atomic mass is 32.2. The van der Waals surface area contributed by atoms with Crippen LogP contribution in [0, 0.1) is 12.3 Å². The molecule has 0 saturated carbocycles. The number of sulfone groups is 1. The van der Waals surface area contributed by atoms with Crippen molar-refractivity contribution in [1.29, 1.82) is 0 Å². The van der Waals surface area contributed by atoms with E-state index in [4.69, 9.17) is 0 Å². The molecule has 0 atom stereocenters. The summed E-state index contributed by atoms with van der Waals surface area (Å²) < 4.78 is 25.8. The zero-order chi connectivity index (χ0) is 18.6. The second-order valence-corrected chi connectivity index (χ2v) is 10.0. The van der Waals surface area contributed by atoms with Crippen LogP contribution < -0.4 is 5.32 Å². The van der Waals surface area contributed by atoms with Crippen LogP contribution in [0.1, 0.15) is 47.1 Å². The predicted octanol–water partition coefficient (Wildman–Crippen LogP) is 3.56. The van der Waals surface area contributed by atoms with E-state index in [1.165, 1.54) is 11.3 Å². The van der Waals surface area contributed by atoms with Gasteiger partial charge in [-0.2, -0.15) is 0 Å². The van der Waals surface area contributed by atoms with E-state index in [1.54, 1.807) is 51.3 Å². The highest BCUT2D eigenvalue weighted by Crippen LogP contribution is 2.38. The van der Waals surface area contributed by atoms with Crippen LogP contribution in [-0.4, -0.2) is 20.1 Å². The summed E-state index contributed by atoms with van der Waals surface area (Å²) in [5.74, 6) is -0.837. The number of thiophene rings is 1. The van der Waals surface area contributed by atoms with Gasteiger partial charge in [-0.3, -0.25) is 9.59 Å². The zero-order valence-electron chi connectivity index (χ0n) is 14.5. The molecule has 1 N–H and O–H groups in total. The van der Waals surface area contributed by atoms with Gasteiger partial charge in [-0.05, 0) is 35.6 Å². The molecule has 0 fully saturated rings. The first-order valence-electron chi connectivity index (χ1n) is 7.81. The minimum absolute atomic E-state index is 0.0209. The van der Waals surface area contributed by atoms with Crippen LogP contribution in [-0.2, 0) is 20.4 Å². The number of anilines is 1. The van der Waals surface area contributed by atoms with Crippen molar-refractivity contribution >= 4 is 38.6 Å². The Kier molecular flexibility index (Phi) is 4.12. The summed E-state index contributed by atoms with van der Waals surface area (Å²) in [6.45, 7) is 6.93. The number of benzene rings is 1. The van der Waals surface area contributed by atoms with Crippen LogP contribution in [0.15, 0.2) is 28.5 Å². The Hall–Kier alpha value is -1.99. The number of carbonyl (C=O) groups is 2. The molecule has 0 radical (unpaired) electrons. The number of rotatable bonds is 1. The average Bonchev–Trinajstić information content (AvgIpc) is 2.90. The zero-order valence-corrected chi connectivity index (χ0v) is 16.1. The third-order valence-electron chi connectivity index (χ3n) is 4.12. The van der Waals surface area contributed by atoms with Gasteiger partial charge in [0.2, 0.25) is 11.7 Å². The van der Waals surface area contributed by atoms with Crippen molar-refractivity contribution < 1.29 is 18.0 Å². The highest BCUT2D eigenvalue weighted by molar-refractivity contribution is 7.90. The van der Waals surface area contributed by atoms with E-state index in [-0.39, 0.29) is 33.6 Å². The molecule has 25 heavy (non-hydrogen) atoms. The molecule has 2 aromatic rings. The van der Waals surface area contributed by atoms with Crippen LogP contribution in [0.3, 0.4) is 0 Å². The molecule has 0 unspecified atom stereocenters. The van der Waals surface area contributed by atoms with Crippen LogP contribution in [0.4, 0.5) is 5.69 Å². The molecule has 0 spiro atoms. The van der Waals surface area contributed by atoms with Gasteiger partial charge in [-0.15, -0.1) is 11.3 Å². The van der Waals surface area contributed by atoms with Gasteiger partial charge < -0.3 is 5.32 Å². The first kappa shape index (κ1) is 17.8. The SMILES string of the molecule is Cc1ccc(NC(=O)C(C)(C)C)c2c1S(=O)(=O)Cc1ccsc1C2=O. The molecule has 0 bridgehead atoms. The highest BCUT2D eigenvalue weighted by Gasteiger charge is 2.35. The Balaban J connectivity index is 2.28. The number of amides is 1. The van der Waals surface area contributed by atoms with Gasteiger partial charge in [0.15, 0.2) is 9.84 Å². The van der Waals surface area contributed by atoms with E-state index in [1.807, 2.05) is 0 Å². The number of fused-ring (bicyclic) bond motifs is 2. The number of hydrogen-bond acceptors (Lipinski definition) is 5. The molecule has 1 aliphatic heterocycles. The van der Waals surface area contributed by atoms with Gasteiger partial charge in [-0.1, -0.05) is 26.8 Å². The number of ketones is 1. The standard InChI is InChI=1S/C18H19NO4S2/c1-10-5-6-12(19-17(21)18(2,3)4)13-14(20)15-11(7-8-24-15)9-25(22,23)16(10)13/h5-8H,9H2,1-4H3,(H,19,21). The van der Waals surface area contributed by atoms with Gasteiger partial charge in [0.05, 0.1) is 26.8 Å². The first-order valence-corrected chi connectivity index (χ1v) is 10.3. The normalized spacial score (nSPS) is 15.9. The lowest BCUT2D eigenvalue weighted by Gasteiger charge is -2.20. The Morgan fingerprint density at radius 1 is 1.20 bits per heavy atom. The summed E-state index contributed by atoms with van der Waals surface area (Å²) in [7, 11) is -3.68. The largest absolute Gasteiger partial charge is 0.325 e. The summed E-state index contributed by atoms with van der Waals surface area (Å²) in [6, 6.07) is 4.90. The molecule has 1 aromatic heterocycles. The number of carbonyl (C=O) groups excluding carboxylic acids is 2. The topological polar surface area (TPSA) is 80.3 Å². The molecule has 7 heteroatoms. The lowest BCUT2D eigenvalue weighted by atomic mass is 9.95. The summed E-state index contributed by atoms with van der Waals surface area (Å²) in [5, 5.41) is 4.45. The molecule has 1 amide bonds. The van der Waals surface area contributed by atoms with Crippen molar-refractivity contribution in [2.24, 2.45) is 5.41 Å². The van der Waals surface area contributed by atoms with Gasteiger partial charge in [0.1, 0.15) is 0 Å². The fraction of sp³-hybridized carbons (Fsp3) is 0.333. The monoisotopic (exact) mass is 377 g/mol. The number of hydrogen-bond donors (Lipinski definition) is 1. The molecular formula is C18H19NO4S2. The minimum Gasteiger partial charge on any atom is -0.325 e. The van der Waals surface area contributed by atoms with Crippen LogP contribution in [0.5, 0.6) is 0 Å². The lowest BCUT2D eigenvalue weighted by molar-refractivity contribution is -0.123. The molecule has 2 heterocycles. The fourth-order valence-corrected chi connectivity index (χ4v) is 5.59. The lowest BCUT2D eigenvalue weighted by Crippen LogP contribution is -2.28. The maximum atomic E-state index is 13.1. The molecular weight excluding hydrogens is 358 g/mol. The van der Waals surface area contributed by atoms with Crippen molar-refractivity contribution in [2.45, 2.75) is 38.3 Å². The molecule has 5 nitrogen and oxygen atoms in total. The van der Waals surface area contributed by atoms with Gasteiger partial charge in [-0.25, -0.2) is 8.42 Å².